The fourth-order valence-corrected chi connectivity index (χ4v) is 2.05. The average molecular weight is 239 g/mol. The molecule has 2 heterocycles. The van der Waals surface area contributed by atoms with Crippen LogP contribution in [-0.4, -0.2) is 42.3 Å². The van der Waals surface area contributed by atoms with Crippen molar-refractivity contribution in [3.8, 4) is 0 Å². The monoisotopic (exact) mass is 239 g/mol. The zero-order valence-corrected chi connectivity index (χ0v) is 10.0. The molecule has 0 spiro atoms. The van der Waals surface area contributed by atoms with Gasteiger partial charge < -0.3 is 14.3 Å². The number of aromatic carboxylic acids is 1. The molecule has 2 atom stereocenters. The molecule has 2 unspecified atom stereocenters. The van der Waals surface area contributed by atoms with Crippen LogP contribution in [0, 0.1) is 0 Å². The van der Waals surface area contributed by atoms with Crippen molar-refractivity contribution in [3.63, 3.8) is 0 Å². The van der Waals surface area contributed by atoms with Crippen LogP contribution in [0.4, 0.5) is 0 Å². The smallest absolute Gasteiger partial charge is 0.371 e. The summed E-state index contributed by atoms with van der Waals surface area (Å²) < 4.78 is 10.6. The number of furan rings is 1. The van der Waals surface area contributed by atoms with Gasteiger partial charge in [0.2, 0.25) is 5.76 Å². The minimum atomic E-state index is -1.03. The Labute approximate surface area is 100.0 Å². The van der Waals surface area contributed by atoms with Crippen molar-refractivity contribution in [2.45, 2.75) is 25.4 Å². The van der Waals surface area contributed by atoms with Crippen LogP contribution in [0.2, 0.25) is 0 Å². The second-order valence-corrected chi connectivity index (χ2v) is 4.37. The zero-order valence-electron chi connectivity index (χ0n) is 10.0. The third-order valence-electron chi connectivity index (χ3n) is 3.34. The molecular formula is C12H17NO4. The third-order valence-corrected chi connectivity index (χ3v) is 3.34. The third kappa shape index (κ3) is 2.50. The van der Waals surface area contributed by atoms with Crippen molar-refractivity contribution in [1.29, 1.82) is 0 Å². The topological polar surface area (TPSA) is 62.9 Å². The number of hydrogen-bond donors (Lipinski definition) is 1. The lowest BCUT2D eigenvalue weighted by Crippen LogP contribution is -2.34. The Balaban J connectivity index is 2.06. The van der Waals surface area contributed by atoms with E-state index in [0.29, 0.717) is 11.8 Å². The van der Waals surface area contributed by atoms with Gasteiger partial charge in [-0.3, -0.25) is 4.90 Å². The van der Waals surface area contributed by atoms with Gasteiger partial charge in [0.25, 0.3) is 0 Å². The summed E-state index contributed by atoms with van der Waals surface area (Å²) in [7, 11) is 2.01. The van der Waals surface area contributed by atoms with Crippen LogP contribution in [0.5, 0.6) is 0 Å². The Morgan fingerprint density at radius 3 is 2.88 bits per heavy atom. The summed E-state index contributed by atoms with van der Waals surface area (Å²) in [5, 5.41) is 8.80. The Morgan fingerprint density at radius 1 is 1.59 bits per heavy atom. The first-order valence-electron chi connectivity index (χ1n) is 5.72. The van der Waals surface area contributed by atoms with Crippen LogP contribution >= 0.6 is 0 Å². The molecule has 1 aromatic heterocycles. The Kier molecular flexibility index (Phi) is 3.49. The normalized spacial score (nSPS) is 21.9. The molecule has 5 nitrogen and oxygen atoms in total. The van der Waals surface area contributed by atoms with E-state index in [9.17, 15) is 4.79 Å². The molecule has 94 valence electrons. The molecular weight excluding hydrogens is 222 g/mol. The summed E-state index contributed by atoms with van der Waals surface area (Å²) in [4.78, 5) is 12.9. The first-order chi connectivity index (χ1) is 8.09. The maximum atomic E-state index is 10.7. The molecule has 0 amide bonds. The maximum absolute atomic E-state index is 10.7. The summed E-state index contributed by atoms with van der Waals surface area (Å²) in [5.41, 5.74) is 0. The molecule has 0 aliphatic carbocycles. The van der Waals surface area contributed by atoms with Crippen LogP contribution in [0.15, 0.2) is 16.5 Å². The minimum Gasteiger partial charge on any atom is -0.475 e. The van der Waals surface area contributed by atoms with Crippen LogP contribution in [0.25, 0.3) is 0 Å². The highest BCUT2D eigenvalue weighted by Crippen LogP contribution is 2.25. The van der Waals surface area contributed by atoms with E-state index in [4.69, 9.17) is 14.3 Å². The number of likely N-dealkylation sites (N-methyl/N-ethyl adjacent to an activating group) is 1. The number of hydrogen-bond acceptors (Lipinski definition) is 4. The van der Waals surface area contributed by atoms with E-state index in [-0.39, 0.29) is 11.8 Å². The van der Waals surface area contributed by atoms with E-state index < -0.39 is 5.97 Å². The molecule has 1 aromatic rings. The van der Waals surface area contributed by atoms with Crippen LogP contribution in [0.3, 0.4) is 0 Å². The largest absolute Gasteiger partial charge is 0.475 e. The summed E-state index contributed by atoms with van der Waals surface area (Å²) in [5.74, 6) is -0.366. The lowest BCUT2D eigenvalue weighted by molar-refractivity contribution is 0.0654. The summed E-state index contributed by atoms with van der Waals surface area (Å²) in [6, 6.07) is 3.64. The molecule has 1 fully saturated rings. The first-order valence-corrected chi connectivity index (χ1v) is 5.72. The minimum absolute atomic E-state index is 0.0112. The molecule has 0 saturated carbocycles. The molecule has 0 aromatic carbocycles. The van der Waals surface area contributed by atoms with Crippen LogP contribution < -0.4 is 0 Å². The molecule has 1 saturated heterocycles. The van der Waals surface area contributed by atoms with Gasteiger partial charge in [-0.05, 0) is 32.5 Å². The van der Waals surface area contributed by atoms with Crippen molar-refractivity contribution in [2.75, 3.05) is 20.3 Å². The predicted octanol–water partition coefficient (Wildman–Crippen LogP) is 1.76. The number of ether oxygens (including phenoxy) is 1. The lowest BCUT2D eigenvalue weighted by atomic mass is 10.1. The molecule has 17 heavy (non-hydrogen) atoms. The van der Waals surface area contributed by atoms with Crippen molar-refractivity contribution >= 4 is 5.97 Å². The second kappa shape index (κ2) is 4.89. The van der Waals surface area contributed by atoms with Gasteiger partial charge >= 0.3 is 5.97 Å². The fourth-order valence-electron chi connectivity index (χ4n) is 2.05. The van der Waals surface area contributed by atoms with Gasteiger partial charge in [0.05, 0.1) is 12.6 Å². The van der Waals surface area contributed by atoms with Gasteiger partial charge in [-0.25, -0.2) is 4.79 Å². The molecule has 1 aliphatic heterocycles. The lowest BCUT2D eigenvalue weighted by Gasteiger charge is -2.28. The SMILES string of the molecule is CC(c1ccc(C(=O)O)o1)N(C)C1CCOC1. The van der Waals surface area contributed by atoms with Gasteiger partial charge in [-0.15, -0.1) is 0 Å². The van der Waals surface area contributed by atoms with Crippen molar-refractivity contribution in [2.24, 2.45) is 0 Å². The zero-order chi connectivity index (χ0) is 12.4. The van der Waals surface area contributed by atoms with Crippen molar-refractivity contribution in [3.05, 3.63) is 23.7 Å². The van der Waals surface area contributed by atoms with Gasteiger partial charge in [-0.2, -0.15) is 0 Å². The van der Waals surface area contributed by atoms with Gasteiger partial charge in [0, 0.05) is 12.6 Å². The Bertz CT molecular complexity index is 395. The molecule has 1 aliphatic rings. The van der Waals surface area contributed by atoms with E-state index in [1.165, 1.54) is 6.07 Å². The number of nitrogens with zero attached hydrogens (tertiary/aromatic N) is 1. The predicted molar refractivity (Wildman–Crippen MR) is 61.1 cm³/mol. The quantitative estimate of drug-likeness (QED) is 0.867. The summed E-state index contributed by atoms with van der Waals surface area (Å²) >= 11 is 0. The highest BCUT2D eigenvalue weighted by Gasteiger charge is 2.26. The van der Waals surface area contributed by atoms with E-state index in [1.54, 1.807) is 6.07 Å². The van der Waals surface area contributed by atoms with E-state index >= 15 is 0 Å². The number of carbonyl (C=O) groups is 1. The molecule has 0 bridgehead atoms. The van der Waals surface area contributed by atoms with E-state index in [1.807, 2.05) is 14.0 Å². The van der Waals surface area contributed by atoms with Gasteiger partial charge in [-0.1, -0.05) is 0 Å². The number of rotatable bonds is 4. The first kappa shape index (κ1) is 12.1. The maximum Gasteiger partial charge on any atom is 0.371 e. The highest BCUT2D eigenvalue weighted by atomic mass is 16.5. The summed E-state index contributed by atoms with van der Waals surface area (Å²) in [6.45, 7) is 3.52. The Hall–Kier alpha value is -1.33. The standard InChI is InChI=1S/C12H17NO4/c1-8(13(2)9-5-6-16-7-9)10-3-4-11(17-10)12(14)15/h3-4,8-9H,5-7H2,1-2H3,(H,14,15). The van der Waals surface area contributed by atoms with Gasteiger partial charge in [0.1, 0.15) is 5.76 Å². The van der Waals surface area contributed by atoms with Crippen molar-refractivity contribution in [1.82, 2.24) is 4.90 Å². The van der Waals surface area contributed by atoms with Crippen LogP contribution in [0.1, 0.15) is 35.7 Å². The van der Waals surface area contributed by atoms with E-state index in [0.717, 1.165) is 19.6 Å². The molecule has 5 heteroatoms. The number of carboxylic acid groups (broad SMARTS) is 1. The highest BCUT2D eigenvalue weighted by molar-refractivity contribution is 5.84. The van der Waals surface area contributed by atoms with Gasteiger partial charge in [0.15, 0.2) is 0 Å². The van der Waals surface area contributed by atoms with Crippen LogP contribution in [-0.2, 0) is 4.74 Å². The summed E-state index contributed by atoms with van der Waals surface area (Å²) in [6.07, 6.45) is 1.01. The molecule has 1 N–H and O–H groups in total. The Morgan fingerprint density at radius 2 is 2.35 bits per heavy atom. The number of carboxylic acids is 1. The van der Waals surface area contributed by atoms with E-state index in [2.05, 4.69) is 4.90 Å². The fraction of sp³-hybridized carbons (Fsp3) is 0.583. The van der Waals surface area contributed by atoms with Crippen molar-refractivity contribution < 1.29 is 19.1 Å². The second-order valence-electron chi connectivity index (χ2n) is 4.37. The molecule has 0 radical (unpaired) electrons. The molecule has 2 rings (SSSR count). The average Bonchev–Trinajstić information content (AvgIpc) is 2.97.